The number of alkyl halides is 3. The van der Waals surface area contributed by atoms with Crippen molar-refractivity contribution >= 4 is 12.2 Å². The van der Waals surface area contributed by atoms with Crippen LogP contribution in [0.5, 0.6) is 5.75 Å². The predicted molar refractivity (Wildman–Crippen MR) is 67.2 cm³/mol. The van der Waals surface area contributed by atoms with Crippen molar-refractivity contribution in [3.8, 4) is 11.4 Å². The molecule has 0 aliphatic heterocycles. The molecule has 3 nitrogen and oxygen atoms in total. The monoisotopic (exact) mass is 288 g/mol. The van der Waals surface area contributed by atoms with Crippen molar-refractivity contribution in [1.29, 1.82) is 0 Å². The molecule has 0 radical (unpaired) electrons. The fraction of sp³-hybridized carbons (Fsp3) is 0.250. The molecule has 0 saturated heterocycles. The third-order valence-electron chi connectivity index (χ3n) is 2.74. The Bertz CT molecular complexity index is 640. The normalized spacial score (nSPS) is 11.6. The number of nitrogens with one attached hydrogen (secondary N) is 1. The van der Waals surface area contributed by atoms with Gasteiger partial charge in [0.1, 0.15) is 16.1 Å². The largest absolute Gasteiger partial charge is 0.497 e. The number of hydrogen-bond acceptors (Lipinski definition) is 2. The van der Waals surface area contributed by atoms with E-state index in [2.05, 4.69) is 5.10 Å². The Morgan fingerprint density at radius 1 is 1.21 bits per heavy atom. The molecule has 0 fully saturated rings. The summed E-state index contributed by atoms with van der Waals surface area (Å²) in [6.07, 6.45) is -4.45. The van der Waals surface area contributed by atoms with E-state index >= 15 is 0 Å². The zero-order valence-corrected chi connectivity index (χ0v) is 11.0. The van der Waals surface area contributed by atoms with Crippen LogP contribution in [-0.4, -0.2) is 16.9 Å². The van der Waals surface area contributed by atoms with Crippen molar-refractivity contribution in [2.75, 3.05) is 7.11 Å². The number of H-pyrrole nitrogens is 1. The van der Waals surface area contributed by atoms with Crippen LogP contribution in [0.1, 0.15) is 11.3 Å². The lowest BCUT2D eigenvalue weighted by molar-refractivity contribution is -0.141. The number of hydrogen-bond donors (Lipinski definition) is 1. The number of aromatic amines is 1. The third kappa shape index (κ3) is 2.51. The molecule has 1 aromatic carbocycles. The van der Waals surface area contributed by atoms with Crippen LogP contribution in [0.2, 0.25) is 0 Å². The molecule has 0 unspecified atom stereocenters. The van der Waals surface area contributed by atoms with Crippen LogP contribution in [0.4, 0.5) is 13.2 Å². The fourth-order valence-corrected chi connectivity index (χ4v) is 1.96. The van der Waals surface area contributed by atoms with Gasteiger partial charge in [-0.1, -0.05) is 12.2 Å². The quantitative estimate of drug-likeness (QED) is 0.850. The summed E-state index contributed by atoms with van der Waals surface area (Å²) < 4.78 is 44.6. The first-order valence-electron chi connectivity index (χ1n) is 5.38. The molecule has 102 valence electrons. The van der Waals surface area contributed by atoms with Crippen LogP contribution in [-0.2, 0) is 6.18 Å². The van der Waals surface area contributed by atoms with Crippen LogP contribution < -0.4 is 4.74 Å². The lowest BCUT2D eigenvalue weighted by Gasteiger charge is -2.06. The van der Waals surface area contributed by atoms with Crippen molar-refractivity contribution in [3.63, 3.8) is 0 Å². The highest BCUT2D eigenvalue weighted by Crippen LogP contribution is 2.31. The summed E-state index contributed by atoms with van der Waals surface area (Å²) in [7, 11) is 1.52. The number of aromatic nitrogens is 2. The highest BCUT2D eigenvalue weighted by molar-refractivity contribution is 7.71. The van der Waals surface area contributed by atoms with Gasteiger partial charge in [-0.05, 0) is 31.2 Å². The lowest BCUT2D eigenvalue weighted by atomic mass is 10.3. The van der Waals surface area contributed by atoms with Gasteiger partial charge in [0.15, 0.2) is 0 Å². The maximum Gasteiger partial charge on any atom is 0.433 e. The van der Waals surface area contributed by atoms with Gasteiger partial charge in [0, 0.05) is 5.56 Å². The Kier molecular flexibility index (Phi) is 3.40. The summed E-state index contributed by atoms with van der Waals surface area (Å²) in [5.74, 6) is 0.620. The van der Waals surface area contributed by atoms with E-state index < -0.39 is 11.9 Å². The van der Waals surface area contributed by atoms with Crippen LogP contribution in [0.25, 0.3) is 5.69 Å². The van der Waals surface area contributed by atoms with Crippen molar-refractivity contribution < 1.29 is 17.9 Å². The van der Waals surface area contributed by atoms with Crippen molar-refractivity contribution in [2.45, 2.75) is 13.1 Å². The van der Waals surface area contributed by atoms with Gasteiger partial charge in [-0.15, -0.1) is 0 Å². The van der Waals surface area contributed by atoms with Crippen LogP contribution in [0.3, 0.4) is 0 Å². The second kappa shape index (κ2) is 4.73. The minimum absolute atomic E-state index is 0.0123. The molecule has 7 heteroatoms. The fourth-order valence-electron chi connectivity index (χ4n) is 1.71. The van der Waals surface area contributed by atoms with Crippen LogP contribution in [0.15, 0.2) is 24.3 Å². The molecule has 2 aromatic rings. The van der Waals surface area contributed by atoms with Gasteiger partial charge in [-0.25, -0.2) is 4.68 Å². The average molecular weight is 288 g/mol. The standard InChI is InChI=1S/C12H11F3N2OS/c1-7-10(12(13,14)15)16-17(11(7)19)8-3-5-9(18-2)6-4-8/h3-6,16H,1-2H3. The van der Waals surface area contributed by atoms with Gasteiger partial charge < -0.3 is 4.74 Å². The Balaban J connectivity index is 2.54. The highest BCUT2D eigenvalue weighted by Gasteiger charge is 2.35. The van der Waals surface area contributed by atoms with E-state index in [9.17, 15) is 13.2 Å². The van der Waals surface area contributed by atoms with Crippen molar-refractivity contribution in [1.82, 2.24) is 9.78 Å². The Labute approximate surface area is 112 Å². The molecule has 0 bridgehead atoms. The minimum atomic E-state index is -4.45. The molecule has 2 rings (SSSR count). The van der Waals surface area contributed by atoms with E-state index in [1.165, 1.54) is 18.7 Å². The summed E-state index contributed by atoms with van der Waals surface area (Å²) in [5, 5.41) is 2.29. The number of benzene rings is 1. The van der Waals surface area contributed by atoms with Gasteiger partial charge in [0.25, 0.3) is 0 Å². The first-order valence-corrected chi connectivity index (χ1v) is 5.78. The zero-order chi connectivity index (χ0) is 14.2. The molecule has 0 spiro atoms. The van der Waals surface area contributed by atoms with Gasteiger partial charge in [0.2, 0.25) is 0 Å². The molecule has 19 heavy (non-hydrogen) atoms. The maximum absolute atomic E-state index is 12.8. The molecule has 1 aromatic heterocycles. The van der Waals surface area contributed by atoms with E-state index in [0.29, 0.717) is 11.4 Å². The summed E-state index contributed by atoms with van der Waals surface area (Å²) in [5.41, 5.74) is -0.295. The summed E-state index contributed by atoms with van der Waals surface area (Å²) in [6, 6.07) is 6.57. The third-order valence-corrected chi connectivity index (χ3v) is 3.23. The van der Waals surface area contributed by atoms with Gasteiger partial charge in [-0.2, -0.15) is 13.2 Å². The summed E-state index contributed by atoms with van der Waals surface area (Å²) in [4.78, 5) is 0. The summed E-state index contributed by atoms with van der Waals surface area (Å²) in [6.45, 7) is 1.35. The van der Waals surface area contributed by atoms with Gasteiger partial charge in [0.05, 0.1) is 12.8 Å². The molecular weight excluding hydrogens is 277 g/mol. The first-order chi connectivity index (χ1) is 8.84. The SMILES string of the molecule is COc1ccc(-n2[nH]c(C(F)(F)F)c(C)c2=S)cc1. The average Bonchev–Trinajstić information content (AvgIpc) is 2.66. The van der Waals surface area contributed by atoms with E-state index in [1.54, 1.807) is 24.3 Å². The number of rotatable bonds is 2. The minimum Gasteiger partial charge on any atom is -0.497 e. The van der Waals surface area contributed by atoms with Gasteiger partial charge in [-0.3, -0.25) is 5.10 Å². The van der Waals surface area contributed by atoms with Crippen LogP contribution >= 0.6 is 12.2 Å². The molecule has 1 heterocycles. The predicted octanol–water partition coefficient (Wildman–Crippen LogP) is 3.87. The Morgan fingerprint density at radius 3 is 2.21 bits per heavy atom. The van der Waals surface area contributed by atoms with Crippen molar-refractivity contribution in [2.24, 2.45) is 0 Å². The van der Waals surface area contributed by atoms with Crippen molar-refractivity contribution in [3.05, 3.63) is 40.2 Å². The number of methoxy groups -OCH3 is 1. The maximum atomic E-state index is 12.8. The molecule has 1 N–H and O–H groups in total. The smallest absolute Gasteiger partial charge is 0.433 e. The number of halogens is 3. The second-order valence-corrected chi connectivity index (χ2v) is 4.33. The van der Waals surface area contributed by atoms with E-state index in [-0.39, 0.29) is 10.2 Å². The van der Waals surface area contributed by atoms with E-state index in [1.807, 2.05) is 0 Å². The summed E-state index contributed by atoms with van der Waals surface area (Å²) >= 11 is 5.03. The molecule has 0 aliphatic carbocycles. The van der Waals surface area contributed by atoms with Gasteiger partial charge >= 0.3 is 6.18 Å². The second-order valence-electron chi connectivity index (χ2n) is 3.95. The zero-order valence-electron chi connectivity index (χ0n) is 10.2. The Hall–Kier alpha value is -1.76. The number of nitrogens with zero attached hydrogens (tertiary/aromatic N) is 1. The van der Waals surface area contributed by atoms with E-state index in [4.69, 9.17) is 17.0 Å². The first kappa shape index (κ1) is 13.7. The highest BCUT2D eigenvalue weighted by atomic mass is 32.1. The number of ether oxygens (including phenoxy) is 1. The molecular formula is C12H11F3N2OS. The molecule has 0 atom stereocenters. The molecule has 0 aliphatic rings. The van der Waals surface area contributed by atoms with E-state index in [0.717, 1.165) is 0 Å². The Morgan fingerprint density at radius 2 is 1.79 bits per heavy atom. The molecule has 0 saturated carbocycles. The topological polar surface area (TPSA) is 29.9 Å². The van der Waals surface area contributed by atoms with Crippen LogP contribution in [0, 0.1) is 11.6 Å². The molecule has 0 amide bonds. The lowest BCUT2D eigenvalue weighted by Crippen LogP contribution is -2.08.